The number of carbonyl (C=O) groups excluding carboxylic acids is 1. The van der Waals surface area contributed by atoms with Crippen LogP contribution in [0.5, 0.6) is 0 Å². The predicted octanol–water partition coefficient (Wildman–Crippen LogP) is 1.88. The van der Waals surface area contributed by atoms with E-state index in [2.05, 4.69) is 9.98 Å². The van der Waals surface area contributed by atoms with Crippen molar-refractivity contribution in [2.75, 3.05) is 13.6 Å². The molecule has 2 aliphatic rings. The monoisotopic (exact) mass is 253 g/mol. The molecule has 3 rings (SSSR count). The molecule has 0 aromatic heterocycles. The van der Waals surface area contributed by atoms with Crippen molar-refractivity contribution >= 4 is 17.8 Å². The average Bonchev–Trinajstić information content (AvgIpc) is 2.59. The smallest absolute Gasteiger partial charge is 0.248 e. The maximum absolute atomic E-state index is 12.0. The molecule has 2 aliphatic heterocycles. The minimum absolute atomic E-state index is 0.0132. The number of amides is 1. The first-order valence-corrected chi connectivity index (χ1v) is 6.35. The predicted molar refractivity (Wildman–Crippen MR) is 75.3 cm³/mol. The molecule has 2 heterocycles. The highest BCUT2D eigenvalue weighted by Crippen LogP contribution is 2.28. The van der Waals surface area contributed by atoms with Crippen molar-refractivity contribution < 1.29 is 4.79 Å². The Bertz CT molecular complexity index is 587. The van der Waals surface area contributed by atoms with Crippen molar-refractivity contribution in [3.05, 3.63) is 47.8 Å². The van der Waals surface area contributed by atoms with Gasteiger partial charge < -0.3 is 4.90 Å². The minimum atomic E-state index is 0.0132. The van der Waals surface area contributed by atoms with Crippen LogP contribution in [0.1, 0.15) is 12.0 Å². The first-order chi connectivity index (χ1) is 9.27. The number of nitrogens with zero attached hydrogens (tertiary/aromatic N) is 3. The third-order valence-electron chi connectivity index (χ3n) is 3.56. The highest BCUT2D eigenvalue weighted by Gasteiger charge is 2.30. The molecule has 0 N–H and O–H groups in total. The summed E-state index contributed by atoms with van der Waals surface area (Å²) in [7, 11) is 1.80. The number of benzene rings is 1. The second kappa shape index (κ2) is 4.80. The number of hydrogen-bond donors (Lipinski definition) is 0. The van der Waals surface area contributed by atoms with Crippen molar-refractivity contribution in [1.29, 1.82) is 0 Å². The van der Waals surface area contributed by atoms with E-state index in [1.54, 1.807) is 18.1 Å². The van der Waals surface area contributed by atoms with Gasteiger partial charge in [-0.1, -0.05) is 30.3 Å². The summed E-state index contributed by atoms with van der Waals surface area (Å²) in [6, 6.07) is 10.1. The second-order valence-corrected chi connectivity index (χ2v) is 4.69. The SMILES string of the molecule is CN1C(=O)CN=C(c2ccccc2)C2CC=NC=C21. The van der Waals surface area contributed by atoms with E-state index in [0.29, 0.717) is 0 Å². The maximum Gasteiger partial charge on any atom is 0.248 e. The normalized spacial score (nSPS) is 22.5. The third kappa shape index (κ3) is 2.10. The fraction of sp³-hybridized carbons (Fsp3) is 0.267. The van der Waals surface area contributed by atoms with E-state index in [4.69, 9.17) is 0 Å². The van der Waals surface area contributed by atoms with E-state index in [0.717, 1.165) is 23.4 Å². The third-order valence-corrected chi connectivity index (χ3v) is 3.56. The van der Waals surface area contributed by atoms with E-state index in [1.807, 2.05) is 36.5 Å². The molecule has 1 atom stereocenters. The Kier molecular flexibility index (Phi) is 2.99. The molecule has 4 heteroatoms. The van der Waals surface area contributed by atoms with Gasteiger partial charge in [0.15, 0.2) is 0 Å². The molecule has 0 aliphatic carbocycles. The Morgan fingerprint density at radius 3 is 2.84 bits per heavy atom. The van der Waals surface area contributed by atoms with Gasteiger partial charge in [0.1, 0.15) is 6.54 Å². The lowest BCUT2D eigenvalue weighted by atomic mass is 9.90. The molecule has 0 bridgehead atoms. The Morgan fingerprint density at radius 1 is 1.26 bits per heavy atom. The molecular weight excluding hydrogens is 238 g/mol. The summed E-state index contributed by atoms with van der Waals surface area (Å²) >= 11 is 0. The zero-order valence-corrected chi connectivity index (χ0v) is 10.8. The molecule has 1 unspecified atom stereocenters. The minimum Gasteiger partial charge on any atom is -0.315 e. The number of allylic oxidation sites excluding steroid dienone is 1. The molecule has 96 valence electrons. The van der Waals surface area contributed by atoms with Gasteiger partial charge in [-0.05, 0) is 12.0 Å². The van der Waals surface area contributed by atoms with Crippen LogP contribution >= 0.6 is 0 Å². The van der Waals surface area contributed by atoms with Crippen LogP contribution in [-0.4, -0.2) is 36.3 Å². The van der Waals surface area contributed by atoms with Gasteiger partial charge in [-0.3, -0.25) is 14.8 Å². The fourth-order valence-corrected chi connectivity index (χ4v) is 2.49. The molecule has 1 amide bonds. The Labute approximate surface area is 112 Å². The lowest BCUT2D eigenvalue weighted by Gasteiger charge is -2.26. The fourth-order valence-electron chi connectivity index (χ4n) is 2.49. The summed E-state index contributed by atoms with van der Waals surface area (Å²) in [4.78, 5) is 22.4. The van der Waals surface area contributed by atoms with Crippen LogP contribution in [-0.2, 0) is 4.79 Å². The van der Waals surface area contributed by atoms with Gasteiger partial charge in [-0.15, -0.1) is 0 Å². The summed E-state index contributed by atoms with van der Waals surface area (Å²) in [5.74, 6) is 0.135. The van der Waals surface area contributed by atoms with E-state index >= 15 is 0 Å². The van der Waals surface area contributed by atoms with Crippen molar-refractivity contribution in [3.63, 3.8) is 0 Å². The number of fused-ring (bicyclic) bond motifs is 1. The van der Waals surface area contributed by atoms with Crippen molar-refractivity contribution in [2.24, 2.45) is 15.9 Å². The number of rotatable bonds is 1. The second-order valence-electron chi connectivity index (χ2n) is 4.69. The van der Waals surface area contributed by atoms with Crippen LogP contribution in [0.15, 0.2) is 52.2 Å². The summed E-state index contributed by atoms with van der Waals surface area (Å²) in [6.07, 6.45) is 4.45. The molecule has 1 aromatic rings. The molecule has 0 spiro atoms. The van der Waals surface area contributed by atoms with Crippen LogP contribution in [0.2, 0.25) is 0 Å². The molecule has 1 aromatic carbocycles. The highest BCUT2D eigenvalue weighted by atomic mass is 16.2. The largest absolute Gasteiger partial charge is 0.315 e. The van der Waals surface area contributed by atoms with Gasteiger partial charge in [0.2, 0.25) is 5.91 Å². The van der Waals surface area contributed by atoms with Gasteiger partial charge >= 0.3 is 0 Å². The molecule has 0 radical (unpaired) electrons. The number of aliphatic imine (C=N–C) groups is 2. The molecule has 0 saturated heterocycles. The highest BCUT2D eigenvalue weighted by molar-refractivity contribution is 6.07. The summed E-state index contributed by atoms with van der Waals surface area (Å²) in [5.41, 5.74) is 3.00. The molecule has 0 saturated carbocycles. The molecule has 0 fully saturated rings. The van der Waals surface area contributed by atoms with Crippen molar-refractivity contribution in [2.45, 2.75) is 6.42 Å². The maximum atomic E-state index is 12.0. The Morgan fingerprint density at radius 2 is 2.05 bits per heavy atom. The summed E-state index contributed by atoms with van der Waals surface area (Å²) < 4.78 is 0. The van der Waals surface area contributed by atoms with Crippen LogP contribution in [0.3, 0.4) is 0 Å². The first-order valence-electron chi connectivity index (χ1n) is 6.35. The van der Waals surface area contributed by atoms with Crippen LogP contribution in [0.25, 0.3) is 0 Å². The molecule has 19 heavy (non-hydrogen) atoms. The molecular formula is C15H15N3O. The van der Waals surface area contributed by atoms with Crippen LogP contribution in [0.4, 0.5) is 0 Å². The standard InChI is InChI=1S/C15H15N3O/c1-18-13-9-16-8-7-12(13)15(17-10-14(18)19)11-5-3-2-4-6-11/h2-6,8-9,12H,7,10H2,1H3. The zero-order valence-electron chi connectivity index (χ0n) is 10.8. The van der Waals surface area contributed by atoms with E-state index in [9.17, 15) is 4.79 Å². The van der Waals surface area contributed by atoms with E-state index in [1.165, 1.54) is 0 Å². The summed E-state index contributed by atoms with van der Waals surface area (Å²) in [5, 5.41) is 0. The molecule has 4 nitrogen and oxygen atoms in total. The lowest BCUT2D eigenvalue weighted by molar-refractivity contribution is -0.126. The van der Waals surface area contributed by atoms with E-state index < -0.39 is 0 Å². The van der Waals surface area contributed by atoms with Gasteiger partial charge in [-0.2, -0.15) is 0 Å². The van der Waals surface area contributed by atoms with Crippen molar-refractivity contribution in [1.82, 2.24) is 4.90 Å². The average molecular weight is 253 g/mol. The topological polar surface area (TPSA) is 45.0 Å². The zero-order chi connectivity index (χ0) is 13.2. The summed E-state index contributed by atoms with van der Waals surface area (Å²) in [6.45, 7) is 0.203. The van der Waals surface area contributed by atoms with E-state index in [-0.39, 0.29) is 18.4 Å². The Hall–Kier alpha value is -2.23. The van der Waals surface area contributed by atoms with Gasteiger partial charge in [0, 0.05) is 31.1 Å². The number of carbonyl (C=O) groups is 1. The number of hydrogen-bond acceptors (Lipinski definition) is 3. The number of likely N-dealkylation sites (N-methyl/N-ethyl adjacent to an activating group) is 1. The van der Waals surface area contributed by atoms with Gasteiger partial charge in [0.25, 0.3) is 0 Å². The van der Waals surface area contributed by atoms with Crippen molar-refractivity contribution in [3.8, 4) is 0 Å². The van der Waals surface area contributed by atoms with Crippen LogP contribution < -0.4 is 0 Å². The lowest BCUT2D eigenvalue weighted by Crippen LogP contribution is -2.32. The van der Waals surface area contributed by atoms with Gasteiger partial charge in [0.05, 0.1) is 5.71 Å². The van der Waals surface area contributed by atoms with Crippen LogP contribution in [0, 0.1) is 5.92 Å². The quantitative estimate of drug-likeness (QED) is 0.753. The van der Waals surface area contributed by atoms with Gasteiger partial charge in [-0.25, -0.2) is 0 Å². The Balaban J connectivity index is 2.07. The first kappa shape index (κ1) is 11.8.